The molecule has 25 heavy (non-hydrogen) atoms. The Morgan fingerprint density at radius 1 is 1.08 bits per heavy atom. The Balaban J connectivity index is 1.54. The van der Waals surface area contributed by atoms with E-state index in [0.717, 1.165) is 32.5 Å². The van der Waals surface area contributed by atoms with Crippen LogP contribution in [0, 0.1) is 13.8 Å². The van der Waals surface area contributed by atoms with Crippen LogP contribution in [0.1, 0.15) is 20.2 Å². The molecule has 0 unspecified atom stereocenters. The van der Waals surface area contributed by atoms with Gasteiger partial charge in [-0.25, -0.2) is 4.98 Å². The van der Waals surface area contributed by atoms with Crippen molar-refractivity contribution in [2.24, 2.45) is 0 Å². The monoisotopic (exact) mass is 372 g/mol. The van der Waals surface area contributed by atoms with E-state index < -0.39 is 0 Å². The van der Waals surface area contributed by atoms with Crippen LogP contribution in [0.3, 0.4) is 0 Å². The third-order valence-corrected chi connectivity index (χ3v) is 6.03. The molecule has 0 fully saturated rings. The van der Waals surface area contributed by atoms with E-state index in [4.69, 9.17) is 9.47 Å². The first-order valence-corrected chi connectivity index (χ1v) is 9.49. The number of aromatic nitrogens is 1. The second-order valence-corrected chi connectivity index (χ2v) is 7.92. The molecule has 1 aromatic carbocycles. The van der Waals surface area contributed by atoms with Crippen LogP contribution in [-0.4, -0.2) is 24.1 Å². The van der Waals surface area contributed by atoms with Gasteiger partial charge in [-0.05, 0) is 49.7 Å². The third-order valence-electron chi connectivity index (χ3n) is 3.91. The normalized spacial score (nSPS) is 12.9. The van der Waals surface area contributed by atoms with Crippen molar-refractivity contribution in [1.82, 2.24) is 4.98 Å². The highest BCUT2D eigenvalue weighted by Crippen LogP contribution is 2.37. The van der Waals surface area contributed by atoms with Gasteiger partial charge in [0, 0.05) is 9.75 Å². The number of hydrogen-bond acceptors (Lipinski definition) is 6. The highest BCUT2D eigenvalue weighted by atomic mass is 32.1. The average Bonchev–Trinajstić information content (AvgIpc) is 3.22. The molecule has 0 radical (unpaired) electrons. The number of carbonyl (C=O) groups is 1. The summed E-state index contributed by atoms with van der Waals surface area (Å²) in [6, 6.07) is 9.62. The summed E-state index contributed by atoms with van der Waals surface area (Å²) in [7, 11) is 0. The lowest BCUT2D eigenvalue weighted by Gasteiger charge is -2.18. The van der Waals surface area contributed by atoms with Crippen LogP contribution in [0.4, 0.5) is 5.13 Å². The van der Waals surface area contributed by atoms with Crippen molar-refractivity contribution in [3.8, 4) is 21.9 Å². The zero-order valence-corrected chi connectivity index (χ0v) is 15.4. The lowest BCUT2D eigenvalue weighted by molar-refractivity contribution is 0.103. The van der Waals surface area contributed by atoms with E-state index in [1.54, 1.807) is 0 Å². The maximum Gasteiger partial charge on any atom is 0.267 e. The summed E-state index contributed by atoms with van der Waals surface area (Å²) in [5.41, 5.74) is 1.96. The number of thiophene rings is 1. The molecule has 0 saturated heterocycles. The number of nitrogens with one attached hydrogen (secondary N) is 1. The van der Waals surface area contributed by atoms with Crippen molar-refractivity contribution in [2.45, 2.75) is 13.8 Å². The van der Waals surface area contributed by atoms with E-state index in [1.165, 1.54) is 22.7 Å². The minimum Gasteiger partial charge on any atom is -0.486 e. The van der Waals surface area contributed by atoms with Crippen LogP contribution in [-0.2, 0) is 0 Å². The molecule has 0 spiro atoms. The topological polar surface area (TPSA) is 60.5 Å². The summed E-state index contributed by atoms with van der Waals surface area (Å²) in [6.45, 7) is 5.06. The van der Waals surface area contributed by atoms with Gasteiger partial charge in [-0.3, -0.25) is 10.1 Å². The van der Waals surface area contributed by atoms with Crippen molar-refractivity contribution in [2.75, 3.05) is 18.5 Å². The summed E-state index contributed by atoms with van der Waals surface area (Å²) in [6.07, 6.45) is 0. The van der Waals surface area contributed by atoms with Gasteiger partial charge in [0.2, 0.25) is 0 Å². The summed E-state index contributed by atoms with van der Waals surface area (Å²) < 4.78 is 11.2. The number of benzene rings is 1. The number of amides is 1. The van der Waals surface area contributed by atoms with Gasteiger partial charge >= 0.3 is 0 Å². The van der Waals surface area contributed by atoms with E-state index in [0.29, 0.717) is 23.2 Å². The fraction of sp³-hybridized carbons (Fsp3) is 0.222. The number of aryl methyl sites for hydroxylation is 2. The van der Waals surface area contributed by atoms with Gasteiger partial charge in [-0.15, -0.1) is 22.7 Å². The van der Waals surface area contributed by atoms with Gasteiger partial charge in [-0.2, -0.15) is 0 Å². The Bertz CT molecular complexity index is 926. The van der Waals surface area contributed by atoms with Crippen LogP contribution in [0.5, 0.6) is 11.5 Å². The first-order chi connectivity index (χ1) is 12.1. The third kappa shape index (κ3) is 3.25. The Morgan fingerprint density at radius 3 is 2.64 bits per heavy atom. The first-order valence-electron chi connectivity index (χ1n) is 7.85. The maximum atomic E-state index is 12.4. The summed E-state index contributed by atoms with van der Waals surface area (Å²) in [5.74, 6) is 1.37. The molecule has 0 saturated carbocycles. The Hall–Kier alpha value is -2.38. The molecule has 4 rings (SSSR count). The molecular weight excluding hydrogens is 356 g/mol. The number of nitrogens with zero attached hydrogens (tertiary/aromatic N) is 1. The van der Waals surface area contributed by atoms with E-state index in [-0.39, 0.29) is 5.91 Å². The number of thiazole rings is 1. The molecule has 3 aromatic rings. The molecule has 0 atom stereocenters. The second-order valence-electron chi connectivity index (χ2n) is 5.64. The average molecular weight is 372 g/mol. The van der Waals surface area contributed by atoms with Crippen molar-refractivity contribution < 1.29 is 14.3 Å². The Kier molecular flexibility index (Phi) is 4.19. The minimum atomic E-state index is -0.137. The van der Waals surface area contributed by atoms with E-state index in [1.807, 2.05) is 44.2 Å². The lowest BCUT2D eigenvalue weighted by atomic mass is 10.1. The molecule has 128 valence electrons. The number of ether oxygens (including phenoxy) is 2. The lowest BCUT2D eigenvalue weighted by Crippen LogP contribution is -2.15. The smallest absolute Gasteiger partial charge is 0.267 e. The van der Waals surface area contributed by atoms with Gasteiger partial charge < -0.3 is 9.47 Å². The van der Waals surface area contributed by atoms with Gasteiger partial charge in [-0.1, -0.05) is 0 Å². The highest BCUT2D eigenvalue weighted by molar-refractivity contribution is 7.18. The number of hydrogen-bond donors (Lipinski definition) is 1. The molecular formula is C18H16N2O3S2. The van der Waals surface area contributed by atoms with Gasteiger partial charge in [0.05, 0.1) is 10.6 Å². The number of rotatable bonds is 3. The van der Waals surface area contributed by atoms with Crippen LogP contribution in [0.25, 0.3) is 10.4 Å². The Labute approximate surface area is 153 Å². The molecule has 7 heteroatoms. The highest BCUT2D eigenvalue weighted by Gasteiger charge is 2.16. The van der Waals surface area contributed by atoms with Crippen LogP contribution < -0.4 is 14.8 Å². The quantitative estimate of drug-likeness (QED) is 0.735. The molecule has 1 aliphatic rings. The zero-order valence-electron chi connectivity index (χ0n) is 13.8. The van der Waals surface area contributed by atoms with Gasteiger partial charge in [0.1, 0.15) is 13.2 Å². The fourth-order valence-corrected chi connectivity index (χ4v) is 4.20. The Morgan fingerprint density at radius 2 is 1.88 bits per heavy atom. The maximum absolute atomic E-state index is 12.4. The number of anilines is 1. The standard InChI is InChI=1S/C18H16N2O3S2/c1-10-11(2)24-18(19-10)20-17(21)16-6-5-15(25-16)12-3-4-13-14(9-12)23-8-7-22-13/h3-6,9H,7-8H2,1-2H3,(H,19,20,21). The van der Waals surface area contributed by atoms with Gasteiger partial charge in [0.15, 0.2) is 16.6 Å². The van der Waals surface area contributed by atoms with Crippen LogP contribution >= 0.6 is 22.7 Å². The number of fused-ring (bicyclic) bond motifs is 1. The van der Waals surface area contributed by atoms with E-state index in [9.17, 15) is 4.79 Å². The first kappa shape index (κ1) is 16.1. The van der Waals surface area contributed by atoms with Crippen molar-refractivity contribution >= 4 is 33.7 Å². The van der Waals surface area contributed by atoms with Crippen LogP contribution in [0.2, 0.25) is 0 Å². The van der Waals surface area contributed by atoms with Gasteiger partial charge in [0.25, 0.3) is 5.91 Å². The van der Waals surface area contributed by atoms with Crippen molar-refractivity contribution in [3.05, 3.63) is 45.8 Å². The SMILES string of the molecule is Cc1nc(NC(=O)c2ccc(-c3ccc4c(c3)OCCO4)s2)sc1C. The summed E-state index contributed by atoms with van der Waals surface area (Å²) >= 11 is 2.93. The molecule has 2 aromatic heterocycles. The summed E-state index contributed by atoms with van der Waals surface area (Å²) in [4.78, 5) is 19.5. The molecule has 0 bridgehead atoms. The van der Waals surface area contributed by atoms with Crippen LogP contribution in [0.15, 0.2) is 30.3 Å². The van der Waals surface area contributed by atoms with E-state index >= 15 is 0 Å². The molecule has 5 nitrogen and oxygen atoms in total. The number of carbonyl (C=O) groups excluding carboxylic acids is 1. The fourth-order valence-electron chi connectivity index (χ4n) is 2.50. The predicted molar refractivity (Wildman–Crippen MR) is 100 cm³/mol. The second kappa shape index (κ2) is 6.50. The minimum absolute atomic E-state index is 0.137. The molecule has 3 heterocycles. The predicted octanol–water partition coefficient (Wildman–Crippen LogP) is 4.51. The molecule has 1 N–H and O–H groups in total. The molecule has 1 amide bonds. The van der Waals surface area contributed by atoms with Crippen molar-refractivity contribution in [1.29, 1.82) is 0 Å². The zero-order chi connectivity index (χ0) is 17.4. The molecule has 1 aliphatic heterocycles. The van der Waals surface area contributed by atoms with Crippen molar-refractivity contribution in [3.63, 3.8) is 0 Å². The summed E-state index contributed by atoms with van der Waals surface area (Å²) in [5, 5.41) is 3.50. The molecule has 0 aliphatic carbocycles. The largest absolute Gasteiger partial charge is 0.486 e. The van der Waals surface area contributed by atoms with E-state index in [2.05, 4.69) is 10.3 Å².